The Labute approximate surface area is 347 Å². The van der Waals surface area contributed by atoms with Crippen LogP contribution < -0.4 is 5.32 Å². The summed E-state index contributed by atoms with van der Waals surface area (Å²) >= 11 is 0. The van der Waals surface area contributed by atoms with E-state index in [1.165, 1.54) is 32.1 Å². The van der Waals surface area contributed by atoms with Gasteiger partial charge in [0.05, 0.1) is 29.0 Å². The Kier molecular flexibility index (Phi) is 12.3. The van der Waals surface area contributed by atoms with Gasteiger partial charge in [-0.3, -0.25) is 19.2 Å². The first-order valence-electron chi connectivity index (χ1n) is 19.6. The summed E-state index contributed by atoms with van der Waals surface area (Å²) < 4.78 is 23.8. The molecule has 3 aromatic rings. The lowest BCUT2D eigenvalue weighted by molar-refractivity contribution is -0.219. The molecule has 0 unspecified atom stereocenters. The Hall–Kier alpha value is -5.96. The van der Waals surface area contributed by atoms with Crippen molar-refractivity contribution >= 4 is 35.6 Å². The number of benzene rings is 3. The molecule has 1 amide bonds. The van der Waals surface area contributed by atoms with E-state index in [0.717, 1.165) is 13.8 Å². The first-order valence-corrected chi connectivity index (χ1v) is 19.6. The first-order chi connectivity index (χ1) is 28.3. The Bertz CT molecular complexity index is 2220. The molecule has 2 bridgehead atoms. The molecule has 9 atom stereocenters. The summed E-state index contributed by atoms with van der Waals surface area (Å²) in [4.78, 5) is 82.4. The molecule has 0 radical (unpaired) electrons. The minimum absolute atomic E-state index is 0.00282. The van der Waals surface area contributed by atoms with Gasteiger partial charge in [0.1, 0.15) is 23.6 Å². The van der Waals surface area contributed by atoms with Gasteiger partial charge in [0.15, 0.2) is 18.0 Å². The molecule has 3 aliphatic carbocycles. The molecule has 0 aromatic heterocycles. The van der Waals surface area contributed by atoms with Crippen molar-refractivity contribution in [2.45, 2.75) is 96.5 Å². The quantitative estimate of drug-likeness (QED) is 0.126. The van der Waals surface area contributed by atoms with Gasteiger partial charge in [0.2, 0.25) is 0 Å². The number of Topliss-reactive ketones (excluding diaryl/α,β-unsaturated/α-hetero) is 1. The maximum absolute atomic E-state index is 15.2. The summed E-state index contributed by atoms with van der Waals surface area (Å²) in [6.45, 7) is 8.19. The lowest BCUT2D eigenvalue weighted by Crippen LogP contribution is -2.71. The van der Waals surface area contributed by atoms with Crippen LogP contribution in [0.25, 0.3) is 0 Å². The standard InChI is InChI=1S/C46H49NO13/c1-25-32(59-43(55)37(51)36(28-16-10-7-11-17-28)47-41(53)29-18-12-8-13-19-29)24-46(56)40(60-42(54)30-20-14-9-15-21-30)35-31(57-26(2)48)22-23-33(50)45(35,6)39(52)38(58-27(3)49)34(25)44(46,4)5/h7-22,32-33,35-38,40,50-51,56H,23-24H2,1-6H3,(H,47,53)/t32-,33-,35-,36-,37+,38+,40-,45+,46+/m0/s1. The summed E-state index contributed by atoms with van der Waals surface area (Å²) in [6.07, 6.45) is -8.02. The molecule has 6 rings (SSSR count). The third-order valence-electron chi connectivity index (χ3n) is 12.2. The maximum Gasteiger partial charge on any atom is 0.338 e. The van der Waals surface area contributed by atoms with Crippen molar-refractivity contribution in [1.29, 1.82) is 0 Å². The van der Waals surface area contributed by atoms with Gasteiger partial charge in [0, 0.05) is 31.2 Å². The molecule has 0 heterocycles. The highest BCUT2D eigenvalue weighted by Crippen LogP contribution is 2.60. The number of ketones is 1. The number of esters is 4. The van der Waals surface area contributed by atoms with Crippen molar-refractivity contribution < 1.29 is 63.0 Å². The van der Waals surface area contributed by atoms with Crippen molar-refractivity contribution in [3.63, 3.8) is 0 Å². The van der Waals surface area contributed by atoms with E-state index >= 15 is 4.79 Å². The average molecular weight is 824 g/mol. The van der Waals surface area contributed by atoms with Crippen molar-refractivity contribution in [3.8, 4) is 0 Å². The molecule has 14 heteroatoms. The van der Waals surface area contributed by atoms with Crippen LogP contribution >= 0.6 is 0 Å². The fraction of sp³-hybridized carbons (Fsp3) is 0.391. The molecular weight excluding hydrogens is 774 g/mol. The summed E-state index contributed by atoms with van der Waals surface area (Å²) in [7, 11) is 0. The molecular formula is C46H49NO13. The van der Waals surface area contributed by atoms with Crippen LogP contribution in [0.1, 0.15) is 86.7 Å². The number of carbonyl (C=O) groups excluding carboxylic acids is 6. The van der Waals surface area contributed by atoms with Gasteiger partial charge in [-0.15, -0.1) is 0 Å². The Morgan fingerprint density at radius 1 is 0.800 bits per heavy atom. The lowest BCUT2D eigenvalue weighted by Gasteiger charge is -2.60. The highest BCUT2D eigenvalue weighted by molar-refractivity contribution is 5.96. The number of fused-ring (bicyclic) bond motifs is 3. The average Bonchev–Trinajstić information content (AvgIpc) is 3.22. The van der Waals surface area contributed by atoms with Crippen LogP contribution in [0.4, 0.5) is 0 Å². The number of aliphatic hydroxyl groups excluding tert-OH is 2. The summed E-state index contributed by atoms with van der Waals surface area (Å²) in [5.74, 6) is -7.08. The molecule has 1 fully saturated rings. The SMILES string of the molecule is CC(=O)OC1=CC[C@H](O)[C@@]2(C)C(=O)[C@H](OC(C)=O)C3=C(C)[C@@H](OC(=O)[C@H](O)[C@@H](NC(=O)c4ccccc4)c4ccccc4)C[C@@](O)([C@@H](OC(=O)c4ccccc4)[C@H]12)C3(C)C. The first kappa shape index (κ1) is 43.6. The zero-order valence-corrected chi connectivity index (χ0v) is 34.1. The van der Waals surface area contributed by atoms with Gasteiger partial charge in [-0.1, -0.05) is 80.6 Å². The molecule has 316 valence electrons. The van der Waals surface area contributed by atoms with Gasteiger partial charge in [-0.25, -0.2) is 9.59 Å². The zero-order valence-electron chi connectivity index (χ0n) is 34.1. The van der Waals surface area contributed by atoms with E-state index in [0.29, 0.717) is 5.56 Å². The van der Waals surface area contributed by atoms with Gasteiger partial charge < -0.3 is 39.6 Å². The Morgan fingerprint density at radius 3 is 1.93 bits per heavy atom. The van der Waals surface area contributed by atoms with Crippen molar-refractivity contribution in [2.24, 2.45) is 16.7 Å². The van der Waals surface area contributed by atoms with E-state index < -0.39 is 101 Å². The van der Waals surface area contributed by atoms with Crippen molar-refractivity contribution in [2.75, 3.05) is 0 Å². The van der Waals surface area contributed by atoms with E-state index in [-0.39, 0.29) is 34.5 Å². The van der Waals surface area contributed by atoms with E-state index in [4.69, 9.17) is 18.9 Å². The van der Waals surface area contributed by atoms with Crippen LogP contribution in [0.15, 0.2) is 114 Å². The smallest absolute Gasteiger partial charge is 0.338 e. The summed E-state index contributed by atoms with van der Waals surface area (Å²) in [6, 6.07) is 22.9. The highest BCUT2D eigenvalue weighted by atomic mass is 16.6. The zero-order chi connectivity index (χ0) is 43.7. The normalized spacial score (nSPS) is 28.0. The monoisotopic (exact) mass is 823 g/mol. The van der Waals surface area contributed by atoms with E-state index in [1.807, 2.05) is 0 Å². The van der Waals surface area contributed by atoms with Gasteiger partial charge in [-0.2, -0.15) is 0 Å². The summed E-state index contributed by atoms with van der Waals surface area (Å²) in [5, 5.41) is 39.7. The second-order valence-electron chi connectivity index (χ2n) is 16.2. The molecule has 0 saturated heterocycles. The number of amides is 1. The molecule has 60 heavy (non-hydrogen) atoms. The molecule has 0 spiro atoms. The minimum atomic E-state index is -2.37. The minimum Gasteiger partial charge on any atom is -0.456 e. The fourth-order valence-electron chi connectivity index (χ4n) is 8.94. The topological polar surface area (TPSA) is 212 Å². The summed E-state index contributed by atoms with van der Waals surface area (Å²) in [5.41, 5.74) is -5.20. The fourth-order valence-corrected chi connectivity index (χ4v) is 8.94. The van der Waals surface area contributed by atoms with Crippen LogP contribution in [-0.4, -0.2) is 87.0 Å². The number of rotatable bonds is 10. The van der Waals surface area contributed by atoms with Crippen molar-refractivity contribution in [1.82, 2.24) is 5.32 Å². The lowest BCUT2D eigenvalue weighted by atomic mass is 9.49. The highest BCUT2D eigenvalue weighted by Gasteiger charge is 2.70. The number of aliphatic hydroxyl groups is 3. The molecule has 1 saturated carbocycles. The van der Waals surface area contributed by atoms with Gasteiger partial charge >= 0.3 is 23.9 Å². The van der Waals surface area contributed by atoms with E-state index in [2.05, 4.69) is 5.32 Å². The molecule has 14 nitrogen and oxygen atoms in total. The maximum atomic E-state index is 15.2. The number of ether oxygens (including phenoxy) is 4. The van der Waals surface area contributed by atoms with Crippen molar-refractivity contribution in [3.05, 3.63) is 131 Å². The molecule has 4 N–H and O–H groups in total. The molecule has 3 aliphatic rings. The second-order valence-corrected chi connectivity index (χ2v) is 16.2. The Balaban J connectivity index is 1.51. The van der Waals surface area contributed by atoms with Gasteiger partial charge in [0.25, 0.3) is 5.91 Å². The molecule has 0 aliphatic heterocycles. The number of carbonyl (C=O) groups is 6. The van der Waals surface area contributed by atoms with Crippen LogP contribution in [0.3, 0.4) is 0 Å². The largest absolute Gasteiger partial charge is 0.456 e. The van der Waals surface area contributed by atoms with Crippen LogP contribution in [-0.2, 0) is 38.1 Å². The number of hydrogen-bond acceptors (Lipinski definition) is 13. The Morgan fingerprint density at radius 2 is 1.37 bits per heavy atom. The third kappa shape index (κ3) is 7.89. The number of hydrogen-bond donors (Lipinski definition) is 4. The van der Waals surface area contributed by atoms with Gasteiger partial charge in [-0.05, 0) is 67.3 Å². The number of nitrogens with one attached hydrogen (secondary N) is 1. The van der Waals surface area contributed by atoms with E-state index in [1.54, 1.807) is 92.7 Å². The van der Waals surface area contributed by atoms with E-state index in [9.17, 15) is 39.3 Å². The predicted molar refractivity (Wildman–Crippen MR) is 213 cm³/mol. The van der Waals surface area contributed by atoms with Crippen LogP contribution in [0.5, 0.6) is 0 Å². The van der Waals surface area contributed by atoms with Crippen LogP contribution in [0.2, 0.25) is 0 Å². The molecule has 3 aromatic carbocycles. The predicted octanol–water partition coefficient (Wildman–Crippen LogP) is 4.48. The van der Waals surface area contributed by atoms with Crippen LogP contribution in [0, 0.1) is 16.7 Å². The third-order valence-corrected chi connectivity index (χ3v) is 12.2. The second kappa shape index (κ2) is 17.0.